The smallest absolute Gasteiger partial charge is 0.180 e. The van der Waals surface area contributed by atoms with Gasteiger partial charge in [0.25, 0.3) is 0 Å². The Morgan fingerprint density at radius 3 is 2.63 bits per heavy atom. The van der Waals surface area contributed by atoms with Crippen LogP contribution in [0.5, 0.6) is 5.75 Å². The molecule has 2 rings (SSSR count). The second kappa shape index (κ2) is 5.80. The highest BCUT2D eigenvalue weighted by Gasteiger charge is 2.15. The van der Waals surface area contributed by atoms with Gasteiger partial charge in [0.2, 0.25) is 0 Å². The molecule has 3 N–H and O–H groups in total. The third-order valence-corrected chi connectivity index (χ3v) is 3.25. The number of oxime groups is 1. The molecule has 19 heavy (non-hydrogen) atoms. The average Bonchev–Trinajstić information content (AvgIpc) is 2.46. The van der Waals surface area contributed by atoms with E-state index in [1.807, 2.05) is 31.2 Å². The van der Waals surface area contributed by atoms with Crippen molar-refractivity contribution in [1.29, 1.82) is 0 Å². The number of rotatable bonds is 4. The van der Waals surface area contributed by atoms with E-state index >= 15 is 0 Å². The topological polar surface area (TPSA) is 67.8 Å². The highest BCUT2D eigenvalue weighted by atomic mass is 35.5. The van der Waals surface area contributed by atoms with Gasteiger partial charge in [0, 0.05) is 15.8 Å². The van der Waals surface area contributed by atoms with E-state index in [2.05, 4.69) is 5.16 Å². The maximum Gasteiger partial charge on any atom is 0.180 e. The van der Waals surface area contributed by atoms with Crippen LogP contribution in [0.3, 0.4) is 0 Å². The molecule has 2 aromatic rings. The van der Waals surface area contributed by atoms with Crippen LogP contribution < -0.4 is 10.5 Å². The highest BCUT2D eigenvalue weighted by Crippen LogP contribution is 2.32. The fourth-order valence-electron chi connectivity index (χ4n) is 1.91. The van der Waals surface area contributed by atoms with Crippen molar-refractivity contribution in [2.24, 2.45) is 10.9 Å². The third-order valence-electron chi connectivity index (χ3n) is 2.92. The second-order valence-electron chi connectivity index (χ2n) is 4.13. The first-order valence-corrected chi connectivity index (χ1v) is 6.36. The molecule has 0 bridgehead atoms. The number of ether oxygens (including phenoxy) is 1. The summed E-state index contributed by atoms with van der Waals surface area (Å²) < 4.78 is 5.81. The van der Waals surface area contributed by atoms with Crippen molar-refractivity contribution >= 4 is 28.2 Å². The number of fused-ring (bicyclic) bond motifs is 1. The summed E-state index contributed by atoms with van der Waals surface area (Å²) in [7, 11) is 0. The van der Waals surface area contributed by atoms with Gasteiger partial charge in [-0.15, -0.1) is 0 Å². The second-order valence-corrected chi connectivity index (χ2v) is 4.54. The van der Waals surface area contributed by atoms with Crippen LogP contribution in [-0.2, 0) is 0 Å². The van der Waals surface area contributed by atoms with Gasteiger partial charge in [0.15, 0.2) is 11.9 Å². The van der Waals surface area contributed by atoms with Gasteiger partial charge < -0.3 is 15.7 Å². The Morgan fingerprint density at radius 2 is 2.00 bits per heavy atom. The van der Waals surface area contributed by atoms with Crippen LogP contribution in [0.15, 0.2) is 41.6 Å². The quantitative estimate of drug-likeness (QED) is 0.390. The SMILES string of the molecule is CCC(Oc1ccc(Cl)c2ccccc12)C(N)=NO. The van der Waals surface area contributed by atoms with Crippen molar-refractivity contribution < 1.29 is 9.94 Å². The van der Waals surface area contributed by atoms with E-state index in [-0.39, 0.29) is 5.84 Å². The Hall–Kier alpha value is -1.94. The first kappa shape index (κ1) is 13.5. The first-order chi connectivity index (χ1) is 9.17. The van der Waals surface area contributed by atoms with Crippen molar-refractivity contribution in [3.05, 3.63) is 41.4 Å². The molecule has 0 saturated heterocycles. The van der Waals surface area contributed by atoms with E-state index in [9.17, 15) is 0 Å². The van der Waals surface area contributed by atoms with Crippen molar-refractivity contribution in [3.8, 4) is 5.75 Å². The molecule has 100 valence electrons. The van der Waals surface area contributed by atoms with Gasteiger partial charge in [-0.3, -0.25) is 0 Å². The van der Waals surface area contributed by atoms with E-state index in [4.69, 9.17) is 27.3 Å². The summed E-state index contributed by atoms with van der Waals surface area (Å²) in [6.45, 7) is 1.90. The minimum atomic E-state index is -0.463. The van der Waals surface area contributed by atoms with Gasteiger partial charge in [-0.05, 0) is 18.6 Å². The molecule has 0 aliphatic carbocycles. The molecule has 0 amide bonds. The van der Waals surface area contributed by atoms with E-state index in [1.165, 1.54) is 0 Å². The van der Waals surface area contributed by atoms with Crippen LogP contribution in [0.25, 0.3) is 10.8 Å². The van der Waals surface area contributed by atoms with E-state index in [1.54, 1.807) is 12.1 Å². The molecule has 5 heteroatoms. The van der Waals surface area contributed by atoms with Crippen LogP contribution in [0.4, 0.5) is 0 Å². The van der Waals surface area contributed by atoms with Crippen molar-refractivity contribution in [1.82, 2.24) is 0 Å². The van der Waals surface area contributed by atoms with Crippen molar-refractivity contribution in [2.45, 2.75) is 19.4 Å². The molecule has 0 radical (unpaired) electrons. The van der Waals surface area contributed by atoms with E-state index < -0.39 is 6.10 Å². The molecule has 2 aromatic carbocycles. The number of halogens is 1. The van der Waals surface area contributed by atoms with E-state index in [0.29, 0.717) is 17.2 Å². The fourth-order valence-corrected chi connectivity index (χ4v) is 2.14. The fraction of sp³-hybridized carbons (Fsp3) is 0.214. The number of nitrogens with two attached hydrogens (primary N) is 1. The molecule has 0 spiro atoms. The summed E-state index contributed by atoms with van der Waals surface area (Å²) in [6.07, 6.45) is 0.141. The molecule has 1 atom stereocenters. The van der Waals surface area contributed by atoms with Gasteiger partial charge in [-0.2, -0.15) is 0 Å². The number of hydrogen-bond acceptors (Lipinski definition) is 3. The Labute approximate surface area is 116 Å². The summed E-state index contributed by atoms with van der Waals surface area (Å²) in [5.41, 5.74) is 5.60. The molecule has 0 saturated carbocycles. The Morgan fingerprint density at radius 1 is 1.32 bits per heavy atom. The molecular weight excluding hydrogens is 264 g/mol. The van der Waals surface area contributed by atoms with Crippen LogP contribution in [0.2, 0.25) is 5.02 Å². The molecular formula is C14H15ClN2O2. The molecule has 0 fully saturated rings. The summed E-state index contributed by atoms with van der Waals surface area (Å²) in [6, 6.07) is 11.2. The highest BCUT2D eigenvalue weighted by molar-refractivity contribution is 6.35. The van der Waals surface area contributed by atoms with E-state index in [0.717, 1.165) is 10.8 Å². The summed E-state index contributed by atoms with van der Waals surface area (Å²) in [5, 5.41) is 14.2. The van der Waals surface area contributed by atoms with Crippen molar-refractivity contribution in [2.75, 3.05) is 0 Å². The first-order valence-electron chi connectivity index (χ1n) is 5.98. The van der Waals surface area contributed by atoms with Gasteiger partial charge >= 0.3 is 0 Å². The Kier molecular flexibility index (Phi) is 4.12. The molecule has 0 aliphatic rings. The van der Waals surface area contributed by atoms with Crippen molar-refractivity contribution in [3.63, 3.8) is 0 Å². The number of hydrogen-bond donors (Lipinski definition) is 2. The number of amidine groups is 1. The minimum Gasteiger partial charge on any atom is -0.482 e. The van der Waals surface area contributed by atoms with Gasteiger partial charge in [0.05, 0.1) is 0 Å². The Balaban J connectivity index is 2.43. The summed E-state index contributed by atoms with van der Waals surface area (Å²) in [4.78, 5) is 0. The maximum absolute atomic E-state index is 8.73. The van der Waals surface area contributed by atoms with Gasteiger partial charge in [-0.25, -0.2) is 0 Å². The summed E-state index contributed by atoms with van der Waals surface area (Å²) in [5.74, 6) is 0.722. The zero-order valence-corrected chi connectivity index (χ0v) is 11.3. The number of nitrogens with zero attached hydrogens (tertiary/aromatic N) is 1. The predicted octanol–water partition coefficient (Wildman–Crippen LogP) is 3.40. The third kappa shape index (κ3) is 2.74. The summed E-state index contributed by atoms with van der Waals surface area (Å²) >= 11 is 6.15. The molecule has 0 aliphatic heterocycles. The maximum atomic E-state index is 8.73. The lowest BCUT2D eigenvalue weighted by Crippen LogP contribution is -2.33. The lowest BCUT2D eigenvalue weighted by atomic mass is 10.1. The Bertz CT molecular complexity index is 613. The molecule has 0 aromatic heterocycles. The van der Waals surface area contributed by atoms with Crippen LogP contribution in [0.1, 0.15) is 13.3 Å². The largest absolute Gasteiger partial charge is 0.482 e. The lowest BCUT2D eigenvalue weighted by Gasteiger charge is -2.17. The zero-order chi connectivity index (χ0) is 13.8. The normalized spacial score (nSPS) is 13.5. The van der Waals surface area contributed by atoms with Gasteiger partial charge in [-0.1, -0.05) is 47.9 Å². The zero-order valence-electron chi connectivity index (χ0n) is 10.5. The molecule has 4 nitrogen and oxygen atoms in total. The molecule has 1 unspecified atom stereocenters. The number of benzene rings is 2. The lowest BCUT2D eigenvalue weighted by molar-refractivity contribution is 0.249. The molecule has 0 heterocycles. The van der Waals surface area contributed by atoms with Crippen LogP contribution >= 0.6 is 11.6 Å². The minimum absolute atomic E-state index is 0.0570. The standard InChI is InChI=1S/C14H15ClN2O2/c1-2-12(14(16)17-18)19-13-8-7-11(15)9-5-3-4-6-10(9)13/h3-8,12,18H,2H2,1H3,(H2,16,17). The van der Waals surface area contributed by atoms with Crippen LogP contribution in [-0.4, -0.2) is 17.1 Å². The van der Waals surface area contributed by atoms with Gasteiger partial charge in [0.1, 0.15) is 5.75 Å². The average molecular weight is 279 g/mol. The van der Waals surface area contributed by atoms with Crippen LogP contribution in [0, 0.1) is 0 Å². The predicted molar refractivity (Wildman–Crippen MR) is 77.1 cm³/mol. The monoisotopic (exact) mass is 278 g/mol.